The number of aryl methyl sites for hydroxylation is 2. The molecule has 0 bridgehead atoms. The Morgan fingerprint density at radius 2 is 2.30 bits per heavy atom. The van der Waals surface area contributed by atoms with Crippen LogP contribution in [0.2, 0.25) is 0 Å². The summed E-state index contributed by atoms with van der Waals surface area (Å²) >= 11 is 0. The molecule has 4 N–H and O–H groups in total. The van der Waals surface area contributed by atoms with Crippen LogP contribution in [0.3, 0.4) is 0 Å². The number of pyridine rings is 1. The Kier molecular flexibility index (Phi) is 3.88. The number of rotatable bonds is 5. The standard InChI is InChI=1S/C13H17N5O2/c1-3-11-9(7-18(2)17-11)6-16-12-10(14)4-8(5-15-12)13(19)20/h4-5,7H,3,6,14H2,1-2H3,(H,15,16)(H,19,20). The summed E-state index contributed by atoms with van der Waals surface area (Å²) in [5.41, 5.74) is 8.26. The lowest BCUT2D eigenvalue weighted by atomic mass is 10.2. The maximum Gasteiger partial charge on any atom is 0.337 e. The minimum atomic E-state index is -1.05. The van der Waals surface area contributed by atoms with Crippen LogP contribution in [-0.4, -0.2) is 25.8 Å². The Morgan fingerprint density at radius 3 is 2.90 bits per heavy atom. The molecule has 20 heavy (non-hydrogen) atoms. The molecule has 2 aromatic heterocycles. The summed E-state index contributed by atoms with van der Waals surface area (Å²) in [7, 11) is 1.87. The molecule has 7 heteroatoms. The van der Waals surface area contributed by atoms with E-state index >= 15 is 0 Å². The molecule has 0 aromatic carbocycles. The number of nitrogen functional groups attached to an aromatic ring is 1. The van der Waals surface area contributed by atoms with Gasteiger partial charge in [0.05, 0.1) is 16.9 Å². The van der Waals surface area contributed by atoms with E-state index in [-0.39, 0.29) is 5.56 Å². The second kappa shape index (κ2) is 5.60. The molecule has 0 atom stereocenters. The average Bonchev–Trinajstić information content (AvgIpc) is 2.77. The van der Waals surface area contributed by atoms with E-state index in [1.807, 2.05) is 20.2 Å². The summed E-state index contributed by atoms with van der Waals surface area (Å²) in [6.45, 7) is 2.58. The number of carboxylic acid groups (broad SMARTS) is 1. The van der Waals surface area contributed by atoms with Gasteiger partial charge in [0, 0.05) is 31.5 Å². The lowest BCUT2D eigenvalue weighted by molar-refractivity contribution is 0.0696. The highest BCUT2D eigenvalue weighted by molar-refractivity contribution is 5.89. The number of carboxylic acids is 1. The molecule has 2 heterocycles. The van der Waals surface area contributed by atoms with E-state index in [0.29, 0.717) is 18.1 Å². The predicted molar refractivity (Wildman–Crippen MR) is 75.5 cm³/mol. The van der Waals surface area contributed by atoms with Gasteiger partial charge in [-0.25, -0.2) is 9.78 Å². The number of anilines is 2. The van der Waals surface area contributed by atoms with Crippen molar-refractivity contribution in [2.24, 2.45) is 7.05 Å². The summed E-state index contributed by atoms with van der Waals surface area (Å²) in [6, 6.07) is 1.39. The molecule has 0 radical (unpaired) electrons. The molecule has 2 aromatic rings. The van der Waals surface area contributed by atoms with Crippen molar-refractivity contribution in [2.75, 3.05) is 11.1 Å². The maximum atomic E-state index is 10.8. The second-order valence-electron chi connectivity index (χ2n) is 4.45. The monoisotopic (exact) mass is 275 g/mol. The zero-order valence-corrected chi connectivity index (χ0v) is 11.4. The van der Waals surface area contributed by atoms with Gasteiger partial charge in [-0.15, -0.1) is 0 Å². The number of nitrogens with zero attached hydrogens (tertiary/aromatic N) is 3. The van der Waals surface area contributed by atoms with E-state index in [2.05, 4.69) is 15.4 Å². The van der Waals surface area contributed by atoms with Crippen LogP contribution in [0.4, 0.5) is 11.5 Å². The molecular formula is C13H17N5O2. The van der Waals surface area contributed by atoms with Crippen molar-refractivity contribution < 1.29 is 9.90 Å². The molecule has 0 saturated heterocycles. The van der Waals surface area contributed by atoms with Crippen molar-refractivity contribution in [3.63, 3.8) is 0 Å². The van der Waals surface area contributed by atoms with Gasteiger partial charge in [0.2, 0.25) is 0 Å². The molecule has 106 valence electrons. The average molecular weight is 275 g/mol. The number of aromatic nitrogens is 3. The van der Waals surface area contributed by atoms with Crippen molar-refractivity contribution >= 4 is 17.5 Å². The minimum Gasteiger partial charge on any atom is -0.478 e. The van der Waals surface area contributed by atoms with E-state index in [1.165, 1.54) is 12.3 Å². The van der Waals surface area contributed by atoms with Gasteiger partial charge >= 0.3 is 5.97 Å². The van der Waals surface area contributed by atoms with Gasteiger partial charge in [-0.05, 0) is 12.5 Å². The van der Waals surface area contributed by atoms with Crippen molar-refractivity contribution in [3.05, 3.63) is 35.3 Å². The number of hydrogen-bond acceptors (Lipinski definition) is 5. The van der Waals surface area contributed by atoms with Gasteiger partial charge in [-0.3, -0.25) is 4.68 Å². The largest absolute Gasteiger partial charge is 0.478 e. The van der Waals surface area contributed by atoms with Crippen LogP contribution in [0.5, 0.6) is 0 Å². The zero-order valence-electron chi connectivity index (χ0n) is 11.4. The first kappa shape index (κ1) is 13.9. The van der Waals surface area contributed by atoms with Crippen LogP contribution in [0.15, 0.2) is 18.5 Å². The second-order valence-corrected chi connectivity index (χ2v) is 4.45. The van der Waals surface area contributed by atoms with Crippen molar-refractivity contribution in [1.82, 2.24) is 14.8 Å². The van der Waals surface area contributed by atoms with Crippen LogP contribution >= 0.6 is 0 Å². The first-order chi connectivity index (χ1) is 9.51. The minimum absolute atomic E-state index is 0.0728. The summed E-state index contributed by atoms with van der Waals surface area (Å²) < 4.78 is 1.76. The SMILES string of the molecule is CCc1nn(C)cc1CNc1ncc(C(=O)O)cc1N. The first-order valence-electron chi connectivity index (χ1n) is 6.25. The van der Waals surface area contributed by atoms with Gasteiger partial charge in [0.1, 0.15) is 5.82 Å². The number of aromatic carboxylic acids is 1. The quantitative estimate of drug-likeness (QED) is 0.758. The number of nitrogens with two attached hydrogens (primary N) is 1. The van der Waals surface area contributed by atoms with Crippen molar-refractivity contribution in [3.8, 4) is 0 Å². The number of carbonyl (C=O) groups is 1. The topological polar surface area (TPSA) is 106 Å². The molecule has 7 nitrogen and oxygen atoms in total. The normalized spacial score (nSPS) is 10.5. The smallest absolute Gasteiger partial charge is 0.337 e. The van der Waals surface area contributed by atoms with Crippen LogP contribution < -0.4 is 11.1 Å². The van der Waals surface area contributed by atoms with E-state index in [4.69, 9.17) is 10.8 Å². The van der Waals surface area contributed by atoms with E-state index in [1.54, 1.807) is 4.68 Å². The number of hydrogen-bond donors (Lipinski definition) is 3. The van der Waals surface area contributed by atoms with Gasteiger partial charge in [0.15, 0.2) is 0 Å². The van der Waals surface area contributed by atoms with E-state index < -0.39 is 5.97 Å². The Labute approximate surface area is 116 Å². The van der Waals surface area contributed by atoms with Crippen LogP contribution in [0, 0.1) is 0 Å². The molecule has 0 aliphatic rings. The summed E-state index contributed by atoms with van der Waals surface area (Å²) in [5.74, 6) is -0.572. The molecule has 0 fully saturated rings. The lowest BCUT2D eigenvalue weighted by Gasteiger charge is -2.08. The molecular weight excluding hydrogens is 258 g/mol. The highest BCUT2D eigenvalue weighted by Gasteiger charge is 2.09. The molecule has 0 aliphatic carbocycles. The van der Waals surface area contributed by atoms with Gasteiger partial charge in [-0.2, -0.15) is 5.10 Å². The van der Waals surface area contributed by atoms with Crippen LogP contribution in [0.25, 0.3) is 0 Å². The fourth-order valence-electron chi connectivity index (χ4n) is 1.95. The highest BCUT2D eigenvalue weighted by atomic mass is 16.4. The Bertz CT molecular complexity index is 636. The Hall–Kier alpha value is -2.57. The van der Waals surface area contributed by atoms with E-state index in [0.717, 1.165) is 17.7 Å². The molecule has 0 aliphatic heterocycles. The zero-order chi connectivity index (χ0) is 14.7. The Morgan fingerprint density at radius 1 is 1.55 bits per heavy atom. The summed E-state index contributed by atoms with van der Waals surface area (Å²) in [5, 5.41) is 16.3. The lowest BCUT2D eigenvalue weighted by Crippen LogP contribution is -2.07. The predicted octanol–water partition coefficient (Wildman–Crippen LogP) is 1.27. The third-order valence-corrected chi connectivity index (χ3v) is 2.94. The third kappa shape index (κ3) is 2.87. The fraction of sp³-hybridized carbons (Fsp3) is 0.308. The molecule has 0 saturated carbocycles. The van der Waals surface area contributed by atoms with Gasteiger partial charge in [-0.1, -0.05) is 6.92 Å². The van der Waals surface area contributed by atoms with Crippen LogP contribution in [-0.2, 0) is 20.0 Å². The fourth-order valence-corrected chi connectivity index (χ4v) is 1.95. The van der Waals surface area contributed by atoms with Crippen molar-refractivity contribution in [1.29, 1.82) is 0 Å². The van der Waals surface area contributed by atoms with Crippen molar-refractivity contribution in [2.45, 2.75) is 19.9 Å². The molecule has 0 amide bonds. The van der Waals surface area contributed by atoms with Crippen LogP contribution in [0.1, 0.15) is 28.5 Å². The van der Waals surface area contributed by atoms with E-state index in [9.17, 15) is 4.79 Å². The first-order valence-corrected chi connectivity index (χ1v) is 6.25. The summed E-state index contributed by atoms with van der Waals surface area (Å²) in [6.07, 6.45) is 4.07. The molecule has 2 rings (SSSR count). The summed E-state index contributed by atoms with van der Waals surface area (Å²) in [4.78, 5) is 14.8. The third-order valence-electron chi connectivity index (χ3n) is 2.94. The maximum absolute atomic E-state index is 10.8. The van der Waals surface area contributed by atoms with Gasteiger partial charge in [0.25, 0.3) is 0 Å². The van der Waals surface area contributed by atoms with Gasteiger partial charge < -0.3 is 16.2 Å². The highest BCUT2D eigenvalue weighted by Crippen LogP contribution is 2.18. The molecule has 0 unspecified atom stereocenters. The Balaban J connectivity index is 2.12. The molecule has 0 spiro atoms. The number of nitrogens with one attached hydrogen (secondary N) is 1.